The van der Waals surface area contributed by atoms with Gasteiger partial charge in [-0.1, -0.05) is 39.7 Å². The smallest absolute Gasteiger partial charge is 0.227 e. The van der Waals surface area contributed by atoms with E-state index >= 15 is 0 Å². The molecule has 6 heteroatoms. The van der Waals surface area contributed by atoms with Crippen LogP contribution in [0.5, 0.6) is 5.75 Å². The summed E-state index contributed by atoms with van der Waals surface area (Å²) in [7, 11) is 0. The van der Waals surface area contributed by atoms with Gasteiger partial charge >= 0.3 is 0 Å². The number of aliphatic imine (C=N–C) groups is 1. The Morgan fingerprint density at radius 1 is 1.15 bits per heavy atom. The van der Waals surface area contributed by atoms with Gasteiger partial charge in [0.15, 0.2) is 5.58 Å². The molecule has 1 aromatic heterocycles. The SMILES string of the molecule is Cc1cc(-c2nc3ccccc3o2)ccc1N=Cc1cc(Br)cc(Cl)c1O. The van der Waals surface area contributed by atoms with E-state index in [4.69, 9.17) is 16.0 Å². The third-order valence-corrected chi connectivity index (χ3v) is 4.88. The number of hydrogen-bond donors (Lipinski definition) is 1. The molecular formula is C21H14BrClN2O2. The van der Waals surface area contributed by atoms with Gasteiger partial charge < -0.3 is 9.52 Å². The molecule has 4 nitrogen and oxygen atoms in total. The van der Waals surface area contributed by atoms with Crippen LogP contribution >= 0.6 is 27.5 Å². The minimum atomic E-state index is 0.00404. The van der Waals surface area contributed by atoms with Gasteiger partial charge in [0.05, 0.1) is 10.7 Å². The molecule has 3 aromatic carbocycles. The highest BCUT2D eigenvalue weighted by atomic mass is 79.9. The number of oxazole rings is 1. The van der Waals surface area contributed by atoms with Crippen LogP contribution in [0, 0.1) is 6.92 Å². The third kappa shape index (κ3) is 3.61. The Morgan fingerprint density at radius 2 is 1.96 bits per heavy atom. The first-order chi connectivity index (χ1) is 13.0. The number of para-hydroxylation sites is 2. The standard InChI is InChI=1S/C21H14BrClN2O2/c1-12-8-13(21-25-18-4-2-3-5-19(18)27-21)6-7-17(12)24-11-14-9-15(22)10-16(23)20(14)26/h2-11,26H,1H3. The van der Waals surface area contributed by atoms with Gasteiger partial charge in [0, 0.05) is 21.8 Å². The van der Waals surface area contributed by atoms with E-state index in [0.29, 0.717) is 11.5 Å². The average molecular weight is 442 g/mol. The van der Waals surface area contributed by atoms with Crippen LogP contribution in [0.25, 0.3) is 22.6 Å². The first kappa shape index (κ1) is 17.8. The molecule has 0 aliphatic heterocycles. The molecule has 1 N–H and O–H groups in total. The van der Waals surface area contributed by atoms with Gasteiger partial charge in [0.2, 0.25) is 5.89 Å². The van der Waals surface area contributed by atoms with E-state index in [1.807, 2.05) is 49.4 Å². The lowest BCUT2D eigenvalue weighted by Crippen LogP contribution is -1.85. The minimum absolute atomic E-state index is 0.00404. The maximum atomic E-state index is 10.1. The van der Waals surface area contributed by atoms with Gasteiger partial charge in [-0.15, -0.1) is 0 Å². The Bertz CT molecular complexity index is 1150. The Balaban J connectivity index is 1.66. The summed E-state index contributed by atoms with van der Waals surface area (Å²) in [6.07, 6.45) is 1.59. The highest BCUT2D eigenvalue weighted by Gasteiger charge is 2.10. The van der Waals surface area contributed by atoms with E-state index in [-0.39, 0.29) is 10.8 Å². The van der Waals surface area contributed by atoms with Crippen LogP contribution in [-0.2, 0) is 0 Å². The van der Waals surface area contributed by atoms with Crippen molar-refractivity contribution in [3.8, 4) is 17.2 Å². The lowest BCUT2D eigenvalue weighted by molar-refractivity contribution is 0.474. The molecule has 0 saturated heterocycles. The molecule has 0 fully saturated rings. The summed E-state index contributed by atoms with van der Waals surface area (Å²) in [4.78, 5) is 9.00. The molecule has 0 bridgehead atoms. The molecule has 4 rings (SSSR count). The number of halogens is 2. The Hall–Kier alpha value is -2.63. The Labute approximate surface area is 169 Å². The molecule has 4 aromatic rings. The molecule has 0 aliphatic carbocycles. The van der Waals surface area contributed by atoms with Crippen molar-refractivity contribution in [2.75, 3.05) is 0 Å². The molecule has 0 aliphatic rings. The van der Waals surface area contributed by atoms with Crippen molar-refractivity contribution < 1.29 is 9.52 Å². The first-order valence-corrected chi connectivity index (χ1v) is 9.37. The van der Waals surface area contributed by atoms with Crippen molar-refractivity contribution in [1.29, 1.82) is 0 Å². The summed E-state index contributed by atoms with van der Waals surface area (Å²) in [6.45, 7) is 1.96. The Kier molecular flexibility index (Phi) is 4.72. The van der Waals surface area contributed by atoms with Crippen molar-refractivity contribution in [3.05, 3.63) is 75.2 Å². The molecule has 134 valence electrons. The van der Waals surface area contributed by atoms with E-state index in [2.05, 4.69) is 25.9 Å². The molecular weight excluding hydrogens is 428 g/mol. The summed E-state index contributed by atoms with van der Waals surface area (Å²) < 4.78 is 6.59. The number of phenols is 1. The largest absolute Gasteiger partial charge is 0.506 e. The van der Waals surface area contributed by atoms with Gasteiger partial charge in [-0.2, -0.15) is 0 Å². The van der Waals surface area contributed by atoms with E-state index in [9.17, 15) is 5.11 Å². The molecule has 0 amide bonds. The quantitative estimate of drug-likeness (QED) is 0.361. The number of benzene rings is 3. The van der Waals surface area contributed by atoms with Crippen LogP contribution in [0.2, 0.25) is 5.02 Å². The molecule has 1 heterocycles. The molecule has 0 radical (unpaired) electrons. The molecule has 0 atom stereocenters. The van der Waals surface area contributed by atoms with E-state index in [0.717, 1.165) is 32.4 Å². The summed E-state index contributed by atoms with van der Waals surface area (Å²) >= 11 is 9.36. The monoisotopic (exact) mass is 440 g/mol. The van der Waals surface area contributed by atoms with E-state index < -0.39 is 0 Å². The van der Waals surface area contributed by atoms with Crippen LogP contribution in [-0.4, -0.2) is 16.3 Å². The molecule has 0 saturated carbocycles. The highest BCUT2D eigenvalue weighted by Crippen LogP contribution is 2.32. The number of rotatable bonds is 3. The van der Waals surface area contributed by atoms with Gasteiger partial charge in [-0.05, 0) is 55.0 Å². The maximum absolute atomic E-state index is 10.1. The Morgan fingerprint density at radius 3 is 2.74 bits per heavy atom. The van der Waals surface area contributed by atoms with E-state index in [1.165, 1.54) is 0 Å². The van der Waals surface area contributed by atoms with Crippen LogP contribution in [0.3, 0.4) is 0 Å². The fourth-order valence-electron chi connectivity index (χ4n) is 2.75. The van der Waals surface area contributed by atoms with E-state index in [1.54, 1.807) is 18.3 Å². The maximum Gasteiger partial charge on any atom is 0.227 e. The van der Waals surface area contributed by atoms with Gasteiger partial charge in [-0.25, -0.2) is 4.98 Å². The predicted molar refractivity (Wildman–Crippen MR) is 112 cm³/mol. The highest BCUT2D eigenvalue weighted by molar-refractivity contribution is 9.10. The van der Waals surface area contributed by atoms with Gasteiger partial charge in [0.1, 0.15) is 11.3 Å². The topological polar surface area (TPSA) is 58.6 Å². The summed E-state index contributed by atoms with van der Waals surface area (Å²) in [6, 6.07) is 16.8. The number of aryl methyl sites for hydroxylation is 1. The van der Waals surface area contributed by atoms with Crippen molar-refractivity contribution in [3.63, 3.8) is 0 Å². The lowest BCUT2D eigenvalue weighted by atomic mass is 10.1. The summed E-state index contributed by atoms with van der Waals surface area (Å²) in [5, 5.41) is 10.3. The van der Waals surface area contributed by atoms with Gasteiger partial charge in [0.25, 0.3) is 0 Å². The third-order valence-electron chi connectivity index (χ3n) is 4.14. The number of aromatic hydroxyl groups is 1. The lowest BCUT2D eigenvalue weighted by Gasteiger charge is -2.04. The van der Waals surface area contributed by atoms with Crippen molar-refractivity contribution in [2.45, 2.75) is 6.92 Å². The van der Waals surface area contributed by atoms with Crippen LogP contribution in [0.4, 0.5) is 5.69 Å². The van der Waals surface area contributed by atoms with Crippen molar-refractivity contribution in [2.24, 2.45) is 4.99 Å². The van der Waals surface area contributed by atoms with Crippen LogP contribution < -0.4 is 0 Å². The van der Waals surface area contributed by atoms with Crippen LogP contribution in [0.1, 0.15) is 11.1 Å². The molecule has 27 heavy (non-hydrogen) atoms. The fourth-order valence-corrected chi connectivity index (χ4v) is 3.59. The second-order valence-electron chi connectivity index (χ2n) is 6.07. The molecule has 0 unspecified atom stereocenters. The average Bonchev–Trinajstić information content (AvgIpc) is 3.08. The predicted octanol–water partition coefficient (Wildman–Crippen LogP) is 6.68. The number of hydrogen-bond acceptors (Lipinski definition) is 4. The van der Waals surface area contributed by atoms with Crippen LogP contribution in [0.15, 0.2) is 68.5 Å². The first-order valence-electron chi connectivity index (χ1n) is 8.20. The second kappa shape index (κ2) is 7.18. The minimum Gasteiger partial charge on any atom is -0.506 e. The number of phenolic OH excluding ortho intramolecular Hbond substituents is 1. The number of nitrogens with zero attached hydrogens (tertiary/aromatic N) is 2. The van der Waals surface area contributed by atoms with Crippen molar-refractivity contribution >= 4 is 50.5 Å². The second-order valence-corrected chi connectivity index (χ2v) is 7.39. The summed E-state index contributed by atoms with van der Waals surface area (Å²) in [5.74, 6) is 0.579. The summed E-state index contributed by atoms with van der Waals surface area (Å²) in [5.41, 5.74) is 4.76. The zero-order chi connectivity index (χ0) is 19.0. The van der Waals surface area contributed by atoms with Crippen molar-refractivity contribution in [1.82, 2.24) is 4.98 Å². The molecule has 0 spiro atoms. The fraction of sp³-hybridized carbons (Fsp3) is 0.0476. The number of fused-ring (bicyclic) bond motifs is 1. The van der Waals surface area contributed by atoms with Gasteiger partial charge in [-0.3, -0.25) is 4.99 Å². The zero-order valence-electron chi connectivity index (χ0n) is 14.3. The zero-order valence-corrected chi connectivity index (χ0v) is 16.6. The number of aromatic nitrogens is 1. The normalized spacial score (nSPS) is 11.5.